The number of hydrogen-bond donors (Lipinski definition) is 1. The Hall–Kier alpha value is 0.0969. The van der Waals surface area contributed by atoms with Crippen molar-refractivity contribution in [2.75, 3.05) is 34.2 Å². The van der Waals surface area contributed by atoms with Crippen LogP contribution in [0.5, 0.6) is 0 Å². The predicted molar refractivity (Wildman–Crippen MR) is 66.5 cm³/mol. The zero-order valence-electron chi connectivity index (χ0n) is 10.9. The molecule has 1 N–H and O–H groups in total. The van der Waals surface area contributed by atoms with Crippen LogP contribution in [0, 0.1) is 0 Å². The molecular weight excluding hydrogens is 190 g/mol. The molecule has 0 radical (unpaired) electrons. The van der Waals surface area contributed by atoms with Gasteiger partial charge in [0.2, 0.25) is 0 Å². The zero-order valence-corrected chi connectivity index (χ0v) is 11.9. The van der Waals surface area contributed by atoms with Gasteiger partial charge in [-0.1, -0.05) is 27.7 Å². The van der Waals surface area contributed by atoms with E-state index in [0.717, 1.165) is 13.1 Å². The summed E-state index contributed by atoms with van der Waals surface area (Å²) in [5.74, 6) is 0. The molecule has 0 aromatic heterocycles. The monoisotopic (exact) mass is 217 g/mol. The van der Waals surface area contributed by atoms with Gasteiger partial charge in [-0.3, -0.25) is 4.57 Å². The summed E-state index contributed by atoms with van der Waals surface area (Å²) >= 11 is 0. The Bertz CT molecular complexity index is 147. The largest absolute Gasteiger partial charge is 0.316 e. The quantitative estimate of drug-likeness (QED) is 0.680. The van der Waals surface area contributed by atoms with E-state index >= 15 is 0 Å². The molecule has 0 amide bonds. The van der Waals surface area contributed by atoms with E-state index in [9.17, 15) is 0 Å². The summed E-state index contributed by atoms with van der Waals surface area (Å²) in [5.41, 5.74) is 0.683. The van der Waals surface area contributed by atoms with E-state index in [-0.39, 0.29) is 0 Å². The highest BCUT2D eigenvalue weighted by Crippen LogP contribution is 2.23. The molecule has 0 aliphatic heterocycles. The highest BCUT2D eigenvalue weighted by Gasteiger charge is 2.43. The van der Waals surface area contributed by atoms with Gasteiger partial charge in [-0.25, -0.2) is 0 Å². The van der Waals surface area contributed by atoms with Crippen LogP contribution in [0.4, 0.5) is 0 Å². The van der Waals surface area contributed by atoms with Crippen LogP contribution in [0.15, 0.2) is 0 Å². The van der Waals surface area contributed by atoms with Crippen LogP contribution < -0.4 is 4.98 Å². The normalized spacial score (nSPS) is 16.7. The first-order valence-electron chi connectivity index (χ1n) is 5.58. The molecular formula is C10H27N3Si. The van der Waals surface area contributed by atoms with Crippen molar-refractivity contribution in [3.63, 3.8) is 0 Å². The fourth-order valence-electron chi connectivity index (χ4n) is 2.54. The summed E-state index contributed by atoms with van der Waals surface area (Å²) in [6.45, 7) is 11.4. The van der Waals surface area contributed by atoms with Crippen molar-refractivity contribution in [1.82, 2.24) is 14.1 Å². The second-order valence-corrected chi connectivity index (χ2v) is 8.83. The number of rotatable bonds is 6. The zero-order chi connectivity index (χ0) is 11.4. The predicted octanol–water partition coefficient (Wildman–Crippen LogP) is 1.46. The lowest BCUT2D eigenvalue weighted by atomic mass is 10.6. The van der Waals surface area contributed by atoms with E-state index in [0.29, 0.717) is 5.54 Å². The summed E-state index contributed by atoms with van der Waals surface area (Å²) < 4.78 is 5.00. The van der Waals surface area contributed by atoms with E-state index in [2.05, 4.69) is 63.0 Å². The Morgan fingerprint density at radius 2 is 1.57 bits per heavy atom. The fraction of sp³-hybridized carbons (Fsp3) is 1.00. The Morgan fingerprint density at radius 3 is 1.64 bits per heavy atom. The minimum atomic E-state index is -1.64. The minimum absolute atomic E-state index is 0.683. The van der Waals surface area contributed by atoms with Crippen LogP contribution >= 0.6 is 0 Å². The Kier molecular flexibility index (Phi) is 5.89. The second kappa shape index (κ2) is 5.85. The third-order valence-corrected chi connectivity index (χ3v) is 8.41. The number of hydrogen-bond acceptors (Lipinski definition) is 3. The van der Waals surface area contributed by atoms with Gasteiger partial charge in [0.05, 0.1) is 0 Å². The second-order valence-electron chi connectivity index (χ2n) is 4.20. The number of nitrogens with one attached hydrogen (secondary N) is 1. The third-order valence-electron chi connectivity index (χ3n) is 3.10. The minimum Gasteiger partial charge on any atom is -0.316 e. The van der Waals surface area contributed by atoms with Crippen molar-refractivity contribution in [3.05, 3.63) is 0 Å². The molecule has 3 nitrogen and oxygen atoms in total. The molecule has 0 bridgehead atoms. The van der Waals surface area contributed by atoms with Crippen LogP contribution in [0.2, 0.25) is 5.54 Å². The molecule has 0 rings (SSSR count). The smallest absolute Gasteiger partial charge is 0.288 e. The van der Waals surface area contributed by atoms with Gasteiger partial charge < -0.3 is 9.55 Å². The molecule has 0 heterocycles. The molecule has 1 atom stereocenters. The van der Waals surface area contributed by atoms with Gasteiger partial charge in [0.25, 0.3) is 8.56 Å². The molecule has 0 aromatic carbocycles. The highest BCUT2D eigenvalue weighted by molar-refractivity contribution is 6.73. The number of nitrogens with zero attached hydrogens (tertiary/aromatic N) is 2. The lowest BCUT2D eigenvalue weighted by Crippen LogP contribution is -2.73. The molecule has 14 heavy (non-hydrogen) atoms. The van der Waals surface area contributed by atoms with Crippen LogP contribution in [-0.2, 0) is 0 Å². The van der Waals surface area contributed by atoms with Gasteiger partial charge in [-0.2, -0.15) is 0 Å². The summed E-state index contributed by atoms with van der Waals surface area (Å²) in [4.78, 5) is 3.61. The Balaban J connectivity index is 5.00. The van der Waals surface area contributed by atoms with Crippen LogP contribution in [0.3, 0.4) is 0 Å². The van der Waals surface area contributed by atoms with E-state index < -0.39 is 8.56 Å². The molecule has 0 saturated carbocycles. The summed E-state index contributed by atoms with van der Waals surface area (Å²) in [6, 6.07) is 0. The van der Waals surface area contributed by atoms with Crippen molar-refractivity contribution in [2.45, 2.75) is 33.2 Å². The van der Waals surface area contributed by atoms with Crippen molar-refractivity contribution in [2.24, 2.45) is 0 Å². The lowest BCUT2D eigenvalue weighted by Gasteiger charge is -2.47. The topological polar surface area (TPSA) is 18.5 Å². The molecule has 0 aliphatic carbocycles. The first-order chi connectivity index (χ1) is 6.47. The van der Waals surface area contributed by atoms with Crippen molar-refractivity contribution in [3.8, 4) is 0 Å². The first kappa shape index (κ1) is 14.1. The van der Waals surface area contributed by atoms with Gasteiger partial charge in [-0.05, 0) is 39.8 Å². The maximum atomic E-state index is 3.61. The van der Waals surface area contributed by atoms with E-state index in [1.54, 1.807) is 0 Å². The van der Waals surface area contributed by atoms with Crippen LogP contribution in [0.1, 0.15) is 27.7 Å². The average Bonchev–Trinajstić information content (AvgIpc) is 2.12. The van der Waals surface area contributed by atoms with E-state index in [1.165, 1.54) is 0 Å². The van der Waals surface area contributed by atoms with Gasteiger partial charge in [0.1, 0.15) is 0 Å². The maximum absolute atomic E-state index is 3.61. The molecule has 0 saturated heterocycles. The van der Waals surface area contributed by atoms with Gasteiger partial charge in [0.15, 0.2) is 0 Å². The van der Waals surface area contributed by atoms with Crippen LogP contribution in [-0.4, -0.2) is 51.9 Å². The van der Waals surface area contributed by atoms with Crippen molar-refractivity contribution >= 4 is 8.56 Å². The molecule has 0 aromatic rings. The molecule has 0 spiro atoms. The molecule has 1 unspecified atom stereocenters. The SMILES string of the molecule is CCN(CC)[Si](NC)(C(C)C)N(C)C. The maximum Gasteiger partial charge on any atom is 0.288 e. The summed E-state index contributed by atoms with van der Waals surface area (Å²) in [5, 5.41) is 0. The average molecular weight is 217 g/mol. The third kappa shape index (κ3) is 2.37. The van der Waals surface area contributed by atoms with E-state index in [1.807, 2.05) is 0 Å². The molecule has 86 valence electrons. The summed E-state index contributed by atoms with van der Waals surface area (Å²) in [6.07, 6.45) is 0. The van der Waals surface area contributed by atoms with E-state index in [4.69, 9.17) is 0 Å². The van der Waals surface area contributed by atoms with Crippen molar-refractivity contribution in [1.29, 1.82) is 0 Å². The van der Waals surface area contributed by atoms with Crippen molar-refractivity contribution < 1.29 is 0 Å². The lowest BCUT2D eigenvalue weighted by molar-refractivity contribution is 0.371. The van der Waals surface area contributed by atoms with Gasteiger partial charge in [-0.15, -0.1) is 0 Å². The first-order valence-corrected chi connectivity index (χ1v) is 7.55. The fourth-order valence-corrected chi connectivity index (χ4v) is 7.17. The Labute approximate surface area is 90.7 Å². The molecule has 4 heteroatoms. The molecule has 0 aliphatic rings. The van der Waals surface area contributed by atoms with Gasteiger partial charge >= 0.3 is 0 Å². The highest BCUT2D eigenvalue weighted by atomic mass is 28.4. The van der Waals surface area contributed by atoms with Gasteiger partial charge in [0, 0.05) is 0 Å². The van der Waals surface area contributed by atoms with Crippen LogP contribution in [0.25, 0.3) is 0 Å². The standard InChI is InChI=1S/C10H27N3Si/c1-8-13(9-2)14(11-5,10(3)4)12(6)7/h10-11H,8-9H2,1-7H3. The Morgan fingerprint density at radius 1 is 1.14 bits per heavy atom. The molecule has 0 fully saturated rings. The summed E-state index contributed by atoms with van der Waals surface area (Å²) in [7, 11) is 4.86.